The largest absolute Gasteiger partial charge is 0.381 e. The van der Waals surface area contributed by atoms with Crippen molar-refractivity contribution in [2.24, 2.45) is 0 Å². The molecule has 27 heavy (non-hydrogen) atoms. The molecule has 1 amide bonds. The van der Waals surface area contributed by atoms with Crippen LogP contribution in [0.2, 0.25) is 0 Å². The van der Waals surface area contributed by atoms with Gasteiger partial charge in [0.15, 0.2) is 5.69 Å². The topological polar surface area (TPSA) is 56.1 Å². The molecule has 5 nitrogen and oxygen atoms in total. The molecule has 0 radical (unpaired) electrons. The first kappa shape index (κ1) is 18.9. The van der Waals surface area contributed by atoms with E-state index in [0.29, 0.717) is 25.5 Å². The van der Waals surface area contributed by atoms with Crippen molar-refractivity contribution in [1.82, 2.24) is 15.1 Å². The van der Waals surface area contributed by atoms with Crippen LogP contribution in [0.5, 0.6) is 0 Å². The Balaban J connectivity index is 1.37. The first-order chi connectivity index (χ1) is 13.2. The lowest BCUT2D eigenvalue weighted by Gasteiger charge is -2.06. The van der Waals surface area contributed by atoms with E-state index in [9.17, 15) is 4.79 Å². The van der Waals surface area contributed by atoms with E-state index in [1.54, 1.807) is 10.7 Å². The van der Waals surface area contributed by atoms with Gasteiger partial charge in [-0.1, -0.05) is 48.5 Å². The van der Waals surface area contributed by atoms with Gasteiger partial charge in [0.2, 0.25) is 0 Å². The van der Waals surface area contributed by atoms with Gasteiger partial charge in [0.1, 0.15) is 0 Å². The van der Waals surface area contributed by atoms with E-state index in [1.165, 1.54) is 5.56 Å². The van der Waals surface area contributed by atoms with Gasteiger partial charge in [0, 0.05) is 18.8 Å². The van der Waals surface area contributed by atoms with Crippen LogP contribution in [0.1, 0.15) is 28.2 Å². The van der Waals surface area contributed by atoms with Crippen LogP contribution >= 0.6 is 0 Å². The van der Waals surface area contributed by atoms with Crippen LogP contribution in [0.15, 0.2) is 66.7 Å². The van der Waals surface area contributed by atoms with Crippen LogP contribution in [0.25, 0.3) is 5.69 Å². The minimum absolute atomic E-state index is 0.155. The third kappa shape index (κ3) is 5.53. The standard InChI is InChI=1S/C22H25N3O2/c1-18-17-21(24-25(18)20-11-6-3-7-12-20)22(26)23-14-8-15-27-16-13-19-9-4-2-5-10-19/h2-7,9-12,17H,8,13-16H2,1H3,(H,23,26). The molecule has 0 spiro atoms. The zero-order valence-corrected chi connectivity index (χ0v) is 15.6. The molecule has 0 saturated heterocycles. The summed E-state index contributed by atoms with van der Waals surface area (Å²) in [5.41, 5.74) is 3.58. The number of nitrogens with one attached hydrogen (secondary N) is 1. The number of para-hydroxylation sites is 1. The van der Waals surface area contributed by atoms with Crippen molar-refractivity contribution in [3.8, 4) is 5.69 Å². The van der Waals surface area contributed by atoms with Crippen LogP contribution in [0, 0.1) is 6.92 Å². The van der Waals surface area contributed by atoms with E-state index in [4.69, 9.17) is 4.74 Å². The van der Waals surface area contributed by atoms with E-state index in [1.807, 2.05) is 55.5 Å². The Morgan fingerprint density at radius 2 is 1.74 bits per heavy atom. The van der Waals surface area contributed by atoms with Crippen molar-refractivity contribution >= 4 is 5.91 Å². The number of carbonyl (C=O) groups excluding carboxylic acids is 1. The maximum absolute atomic E-state index is 12.3. The second-order valence-electron chi connectivity index (χ2n) is 6.38. The van der Waals surface area contributed by atoms with Crippen LogP contribution < -0.4 is 5.32 Å². The number of ether oxygens (including phenoxy) is 1. The van der Waals surface area contributed by atoms with Gasteiger partial charge in [-0.05, 0) is 43.5 Å². The zero-order chi connectivity index (χ0) is 18.9. The summed E-state index contributed by atoms with van der Waals surface area (Å²) in [4.78, 5) is 12.3. The molecule has 1 aromatic heterocycles. The molecule has 3 rings (SSSR count). The highest BCUT2D eigenvalue weighted by Gasteiger charge is 2.12. The van der Waals surface area contributed by atoms with Crippen LogP contribution in [0.3, 0.4) is 0 Å². The van der Waals surface area contributed by atoms with E-state index < -0.39 is 0 Å². The van der Waals surface area contributed by atoms with Crippen LogP contribution in [0.4, 0.5) is 0 Å². The summed E-state index contributed by atoms with van der Waals surface area (Å²) in [7, 11) is 0. The Morgan fingerprint density at radius 3 is 2.48 bits per heavy atom. The molecule has 0 bridgehead atoms. The molecule has 0 aliphatic carbocycles. The van der Waals surface area contributed by atoms with Crippen molar-refractivity contribution in [3.63, 3.8) is 0 Å². The lowest BCUT2D eigenvalue weighted by atomic mass is 10.2. The van der Waals surface area contributed by atoms with Gasteiger partial charge >= 0.3 is 0 Å². The SMILES string of the molecule is Cc1cc(C(=O)NCCCOCCc2ccccc2)nn1-c1ccccc1. The van der Waals surface area contributed by atoms with Crippen molar-refractivity contribution < 1.29 is 9.53 Å². The highest BCUT2D eigenvalue weighted by molar-refractivity contribution is 5.92. The number of carbonyl (C=O) groups is 1. The Kier molecular flexibility index (Phi) is 6.77. The van der Waals surface area contributed by atoms with E-state index in [0.717, 1.165) is 24.2 Å². The average molecular weight is 363 g/mol. The molecule has 5 heteroatoms. The number of nitrogens with zero attached hydrogens (tertiary/aromatic N) is 2. The Labute approximate surface area is 160 Å². The molecule has 0 aliphatic rings. The molecule has 2 aromatic carbocycles. The van der Waals surface area contributed by atoms with Crippen molar-refractivity contribution in [3.05, 3.63) is 83.7 Å². The fourth-order valence-electron chi connectivity index (χ4n) is 2.82. The van der Waals surface area contributed by atoms with E-state index in [2.05, 4.69) is 22.5 Å². The molecule has 0 atom stereocenters. The molecule has 0 fully saturated rings. The maximum atomic E-state index is 12.3. The molecular formula is C22H25N3O2. The van der Waals surface area contributed by atoms with Gasteiger partial charge in [-0.15, -0.1) is 0 Å². The summed E-state index contributed by atoms with van der Waals surface area (Å²) in [5, 5.41) is 7.32. The van der Waals surface area contributed by atoms with Gasteiger partial charge in [-0.2, -0.15) is 5.10 Å². The molecule has 3 aromatic rings. The predicted molar refractivity (Wildman–Crippen MR) is 106 cm³/mol. The number of aryl methyl sites for hydroxylation is 1. The molecule has 0 unspecified atom stereocenters. The van der Waals surface area contributed by atoms with Crippen molar-refractivity contribution in [2.75, 3.05) is 19.8 Å². The third-order valence-electron chi connectivity index (χ3n) is 4.25. The Bertz CT molecular complexity index is 845. The molecule has 0 aliphatic heterocycles. The van der Waals surface area contributed by atoms with Crippen molar-refractivity contribution in [2.45, 2.75) is 19.8 Å². The maximum Gasteiger partial charge on any atom is 0.271 e. The minimum atomic E-state index is -0.155. The number of hydrogen-bond donors (Lipinski definition) is 1. The Morgan fingerprint density at radius 1 is 1.04 bits per heavy atom. The summed E-state index contributed by atoms with van der Waals surface area (Å²) in [6.07, 6.45) is 1.68. The highest BCUT2D eigenvalue weighted by Crippen LogP contribution is 2.11. The van der Waals surface area contributed by atoms with Gasteiger partial charge in [-0.3, -0.25) is 4.79 Å². The summed E-state index contributed by atoms with van der Waals surface area (Å²) in [6.45, 7) is 3.84. The molecule has 140 valence electrons. The normalized spacial score (nSPS) is 10.7. The molecular weight excluding hydrogens is 338 g/mol. The quantitative estimate of drug-likeness (QED) is 0.592. The van der Waals surface area contributed by atoms with Gasteiger partial charge < -0.3 is 10.1 Å². The molecule has 1 heterocycles. The first-order valence-electron chi connectivity index (χ1n) is 9.26. The predicted octanol–water partition coefficient (Wildman–Crippen LogP) is 3.56. The Hall–Kier alpha value is -2.92. The smallest absolute Gasteiger partial charge is 0.271 e. The summed E-state index contributed by atoms with van der Waals surface area (Å²) in [6, 6.07) is 21.9. The highest BCUT2D eigenvalue weighted by atomic mass is 16.5. The minimum Gasteiger partial charge on any atom is -0.381 e. The van der Waals surface area contributed by atoms with Gasteiger partial charge in [0.25, 0.3) is 5.91 Å². The summed E-state index contributed by atoms with van der Waals surface area (Å²) < 4.78 is 7.41. The van der Waals surface area contributed by atoms with Gasteiger partial charge in [-0.25, -0.2) is 4.68 Å². The molecule has 1 N–H and O–H groups in total. The average Bonchev–Trinajstić information content (AvgIpc) is 3.10. The number of benzene rings is 2. The lowest BCUT2D eigenvalue weighted by Crippen LogP contribution is -2.25. The summed E-state index contributed by atoms with van der Waals surface area (Å²) >= 11 is 0. The van der Waals surface area contributed by atoms with Crippen LogP contribution in [-0.2, 0) is 11.2 Å². The van der Waals surface area contributed by atoms with Crippen molar-refractivity contribution in [1.29, 1.82) is 0 Å². The van der Waals surface area contributed by atoms with E-state index >= 15 is 0 Å². The first-order valence-corrected chi connectivity index (χ1v) is 9.26. The lowest BCUT2D eigenvalue weighted by molar-refractivity contribution is 0.0937. The monoisotopic (exact) mass is 363 g/mol. The van der Waals surface area contributed by atoms with Gasteiger partial charge in [0.05, 0.1) is 12.3 Å². The number of rotatable bonds is 9. The zero-order valence-electron chi connectivity index (χ0n) is 15.6. The van der Waals surface area contributed by atoms with Crippen LogP contribution in [-0.4, -0.2) is 35.4 Å². The summed E-state index contributed by atoms with van der Waals surface area (Å²) in [5.74, 6) is -0.155. The fraction of sp³-hybridized carbons (Fsp3) is 0.273. The number of aromatic nitrogens is 2. The number of hydrogen-bond acceptors (Lipinski definition) is 3. The fourth-order valence-corrected chi connectivity index (χ4v) is 2.82. The van der Waals surface area contributed by atoms with E-state index in [-0.39, 0.29) is 5.91 Å². The molecule has 0 saturated carbocycles. The third-order valence-corrected chi connectivity index (χ3v) is 4.25. The second kappa shape index (κ2) is 9.69. The second-order valence-corrected chi connectivity index (χ2v) is 6.38. The number of amides is 1.